The molecule has 0 aromatic heterocycles. The van der Waals surface area contributed by atoms with Crippen molar-refractivity contribution in [3.63, 3.8) is 0 Å². The van der Waals surface area contributed by atoms with E-state index in [1.54, 1.807) is 0 Å². The predicted octanol–water partition coefficient (Wildman–Crippen LogP) is 5.86. The molecule has 1 aliphatic heterocycles. The van der Waals surface area contributed by atoms with E-state index in [4.69, 9.17) is 4.74 Å². The number of benzene rings is 1. The standard InChI is InChI=1S/C9H10O.4C2H6/c1-2-4-9-7-10-6-5-8(9)3-1;4*1-2/h1-4H,5-7H2;4*1-2H3. The van der Waals surface area contributed by atoms with Crippen LogP contribution in [0.25, 0.3) is 0 Å². The third kappa shape index (κ3) is 10.3. The van der Waals surface area contributed by atoms with Gasteiger partial charge in [-0.25, -0.2) is 0 Å². The fourth-order valence-electron chi connectivity index (χ4n) is 1.31. The summed E-state index contributed by atoms with van der Waals surface area (Å²) >= 11 is 0. The van der Waals surface area contributed by atoms with Crippen molar-refractivity contribution in [2.24, 2.45) is 0 Å². The first-order valence-electron chi connectivity index (χ1n) is 7.61. The molecule has 1 aliphatic rings. The van der Waals surface area contributed by atoms with Crippen molar-refractivity contribution < 1.29 is 4.74 Å². The molecule has 108 valence electrons. The fourth-order valence-corrected chi connectivity index (χ4v) is 1.31. The Hall–Kier alpha value is -0.820. The molecule has 0 amide bonds. The lowest BCUT2D eigenvalue weighted by atomic mass is 10.0. The monoisotopic (exact) mass is 254 g/mol. The lowest BCUT2D eigenvalue weighted by molar-refractivity contribution is 0.111. The Kier molecular flexibility index (Phi) is 26.7. The highest BCUT2D eigenvalue weighted by Gasteiger charge is 2.06. The number of fused-ring (bicyclic) bond motifs is 1. The number of hydrogen-bond acceptors (Lipinski definition) is 1. The van der Waals surface area contributed by atoms with E-state index < -0.39 is 0 Å². The summed E-state index contributed by atoms with van der Waals surface area (Å²) in [5.74, 6) is 0. The molecule has 1 heterocycles. The molecule has 0 bridgehead atoms. The summed E-state index contributed by atoms with van der Waals surface area (Å²) in [7, 11) is 0. The summed E-state index contributed by atoms with van der Waals surface area (Å²) in [6.07, 6.45) is 1.08. The lowest BCUT2D eigenvalue weighted by Crippen LogP contribution is -2.08. The van der Waals surface area contributed by atoms with Crippen LogP contribution in [0.2, 0.25) is 0 Å². The van der Waals surface area contributed by atoms with Crippen molar-refractivity contribution >= 4 is 0 Å². The first kappa shape index (κ1) is 22.4. The summed E-state index contributed by atoms with van der Waals surface area (Å²) in [5.41, 5.74) is 2.81. The molecule has 0 fully saturated rings. The van der Waals surface area contributed by atoms with Crippen LogP contribution < -0.4 is 0 Å². The first-order valence-corrected chi connectivity index (χ1v) is 7.61. The maximum Gasteiger partial charge on any atom is 0.0719 e. The van der Waals surface area contributed by atoms with Crippen LogP contribution in [0.1, 0.15) is 66.5 Å². The Morgan fingerprint density at radius 1 is 0.722 bits per heavy atom. The topological polar surface area (TPSA) is 9.23 Å². The average molecular weight is 254 g/mol. The fraction of sp³-hybridized carbons (Fsp3) is 0.647. The van der Waals surface area contributed by atoms with Crippen molar-refractivity contribution in [2.75, 3.05) is 6.61 Å². The minimum absolute atomic E-state index is 0.802. The second kappa shape index (κ2) is 21.5. The smallest absolute Gasteiger partial charge is 0.0719 e. The maximum atomic E-state index is 5.30. The Morgan fingerprint density at radius 2 is 1.17 bits per heavy atom. The van der Waals surface area contributed by atoms with Crippen LogP contribution in [0.4, 0.5) is 0 Å². The highest BCUT2D eigenvalue weighted by atomic mass is 16.5. The quantitative estimate of drug-likeness (QED) is 0.563. The molecule has 0 atom stereocenters. The average Bonchev–Trinajstić information content (AvgIpc) is 2.55. The van der Waals surface area contributed by atoms with Gasteiger partial charge in [0.1, 0.15) is 0 Å². The van der Waals surface area contributed by atoms with Crippen LogP contribution >= 0.6 is 0 Å². The van der Waals surface area contributed by atoms with Gasteiger partial charge in [-0.05, 0) is 17.5 Å². The predicted molar refractivity (Wildman–Crippen MR) is 85.2 cm³/mol. The number of rotatable bonds is 0. The van der Waals surface area contributed by atoms with Crippen molar-refractivity contribution in [2.45, 2.75) is 68.4 Å². The van der Waals surface area contributed by atoms with Gasteiger partial charge in [-0.3, -0.25) is 0 Å². The molecule has 0 spiro atoms. The first-order chi connectivity index (χ1) is 8.97. The molecule has 0 aliphatic carbocycles. The van der Waals surface area contributed by atoms with Crippen molar-refractivity contribution in [3.8, 4) is 0 Å². The zero-order chi connectivity index (χ0) is 14.8. The van der Waals surface area contributed by atoms with E-state index in [1.165, 1.54) is 11.1 Å². The van der Waals surface area contributed by atoms with Gasteiger partial charge in [0.05, 0.1) is 13.2 Å². The van der Waals surface area contributed by atoms with Crippen LogP contribution in [0.15, 0.2) is 24.3 Å². The molecule has 0 unspecified atom stereocenters. The Bertz CT molecular complexity index is 206. The summed E-state index contributed by atoms with van der Waals surface area (Å²) in [4.78, 5) is 0. The summed E-state index contributed by atoms with van der Waals surface area (Å²) < 4.78 is 5.30. The molecule has 1 nitrogen and oxygen atoms in total. The third-order valence-electron chi connectivity index (χ3n) is 1.89. The summed E-state index contributed by atoms with van der Waals surface area (Å²) in [6.45, 7) is 17.7. The van der Waals surface area contributed by atoms with Crippen molar-refractivity contribution in [3.05, 3.63) is 35.4 Å². The van der Waals surface area contributed by atoms with E-state index >= 15 is 0 Å². The van der Waals surface area contributed by atoms with Crippen LogP contribution in [0, 0.1) is 0 Å². The molecule has 18 heavy (non-hydrogen) atoms. The highest BCUT2D eigenvalue weighted by Crippen LogP contribution is 2.14. The van der Waals surface area contributed by atoms with E-state index in [9.17, 15) is 0 Å². The van der Waals surface area contributed by atoms with E-state index in [0.29, 0.717) is 0 Å². The highest BCUT2D eigenvalue weighted by molar-refractivity contribution is 5.27. The van der Waals surface area contributed by atoms with Crippen molar-refractivity contribution in [1.82, 2.24) is 0 Å². The van der Waals surface area contributed by atoms with Crippen LogP contribution in [-0.4, -0.2) is 6.61 Å². The lowest BCUT2D eigenvalue weighted by Gasteiger charge is -2.14. The van der Waals surface area contributed by atoms with Crippen LogP contribution in [0.5, 0.6) is 0 Å². The second-order valence-corrected chi connectivity index (χ2v) is 2.57. The normalized spacial score (nSPS) is 10.4. The van der Waals surface area contributed by atoms with Gasteiger partial charge in [0.25, 0.3) is 0 Å². The third-order valence-corrected chi connectivity index (χ3v) is 1.89. The van der Waals surface area contributed by atoms with Gasteiger partial charge in [0, 0.05) is 0 Å². The van der Waals surface area contributed by atoms with E-state index in [2.05, 4.69) is 24.3 Å². The largest absolute Gasteiger partial charge is 0.376 e. The van der Waals surface area contributed by atoms with Gasteiger partial charge < -0.3 is 4.74 Å². The second-order valence-electron chi connectivity index (χ2n) is 2.57. The maximum absolute atomic E-state index is 5.30. The Morgan fingerprint density at radius 3 is 1.61 bits per heavy atom. The van der Waals surface area contributed by atoms with E-state index in [1.807, 2.05) is 55.4 Å². The molecule has 1 aromatic carbocycles. The van der Waals surface area contributed by atoms with Crippen molar-refractivity contribution in [1.29, 1.82) is 0 Å². The molecule has 1 aromatic rings. The van der Waals surface area contributed by atoms with E-state index in [0.717, 1.165) is 19.6 Å². The van der Waals surface area contributed by atoms with Gasteiger partial charge in [-0.1, -0.05) is 79.7 Å². The summed E-state index contributed by atoms with van der Waals surface area (Å²) in [5, 5.41) is 0. The van der Waals surface area contributed by atoms with Gasteiger partial charge >= 0.3 is 0 Å². The molecule has 0 radical (unpaired) electrons. The molecule has 1 heteroatoms. The summed E-state index contributed by atoms with van der Waals surface area (Å²) in [6, 6.07) is 8.46. The van der Waals surface area contributed by atoms with E-state index in [-0.39, 0.29) is 0 Å². The van der Waals surface area contributed by atoms with Crippen LogP contribution in [0.3, 0.4) is 0 Å². The molecule has 2 rings (SSSR count). The number of hydrogen-bond donors (Lipinski definition) is 0. The Balaban J connectivity index is -0.000000244. The van der Waals surface area contributed by atoms with Gasteiger partial charge in [-0.15, -0.1) is 0 Å². The molecule has 0 saturated heterocycles. The van der Waals surface area contributed by atoms with Gasteiger partial charge in [0.15, 0.2) is 0 Å². The zero-order valence-corrected chi connectivity index (χ0v) is 13.8. The minimum Gasteiger partial charge on any atom is -0.376 e. The Labute approximate surface area is 116 Å². The SMILES string of the molecule is CC.CC.CC.CC.c1ccc2c(c1)CCOC2. The zero-order valence-electron chi connectivity index (χ0n) is 13.8. The molecular formula is C17H34O. The van der Waals surface area contributed by atoms with Gasteiger partial charge in [0.2, 0.25) is 0 Å². The molecule has 0 saturated carbocycles. The van der Waals surface area contributed by atoms with Crippen LogP contribution in [-0.2, 0) is 17.8 Å². The number of ether oxygens (including phenoxy) is 1. The molecule has 0 N–H and O–H groups in total. The minimum atomic E-state index is 0.802. The molecular weight excluding hydrogens is 220 g/mol. The van der Waals surface area contributed by atoms with Gasteiger partial charge in [-0.2, -0.15) is 0 Å².